The summed E-state index contributed by atoms with van der Waals surface area (Å²) in [5, 5.41) is 9.08. The van der Waals surface area contributed by atoms with Crippen LogP contribution in [0.4, 0.5) is 0 Å². The van der Waals surface area contributed by atoms with Gasteiger partial charge in [-0.1, -0.05) is 18.3 Å². The summed E-state index contributed by atoms with van der Waals surface area (Å²) in [5.41, 5.74) is 1.83. The van der Waals surface area contributed by atoms with Crippen molar-refractivity contribution in [2.45, 2.75) is 19.8 Å². The van der Waals surface area contributed by atoms with Gasteiger partial charge in [-0.15, -0.1) is 16.4 Å². The molecule has 2 rings (SSSR count). The summed E-state index contributed by atoms with van der Waals surface area (Å²) in [7, 11) is 0. The van der Waals surface area contributed by atoms with E-state index in [1.54, 1.807) is 11.3 Å². The second-order valence-corrected chi connectivity index (χ2v) is 4.52. The van der Waals surface area contributed by atoms with Crippen LogP contribution in [0.2, 0.25) is 0 Å². The van der Waals surface area contributed by atoms with Gasteiger partial charge in [0.2, 0.25) is 0 Å². The van der Waals surface area contributed by atoms with Gasteiger partial charge in [-0.05, 0) is 11.5 Å². The summed E-state index contributed by atoms with van der Waals surface area (Å²) in [6, 6.07) is 0. The Kier molecular flexibility index (Phi) is 2.37. The largest absolute Gasteiger partial charge is 0.239 e. The molecule has 0 aliphatic rings. The molecule has 0 atom stereocenters. The van der Waals surface area contributed by atoms with Gasteiger partial charge >= 0.3 is 0 Å². The van der Waals surface area contributed by atoms with Crippen LogP contribution in [0.1, 0.15) is 24.8 Å². The lowest BCUT2D eigenvalue weighted by atomic mass is 10.2. The molecule has 0 N–H and O–H groups in total. The first kappa shape index (κ1) is 8.77. The van der Waals surface area contributed by atoms with Gasteiger partial charge in [0, 0.05) is 16.7 Å². The van der Waals surface area contributed by atoms with Crippen molar-refractivity contribution in [1.82, 2.24) is 14.6 Å². The molecule has 3 nitrogen and oxygen atoms in total. The van der Waals surface area contributed by atoms with Gasteiger partial charge in [-0.25, -0.2) is 4.98 Å². The number of rotatable bonds is 2. The van der Waals surface area contributed by atoms with Crippen LogP contribution in [0.25, 0.3) is 11.4 Å². The molecule has 68 valence electrons. The normalized spacial score (nSPS) is 11.0. The molecule has 0 aromatic carbocycles. The summed E-state index contributed by atoms with van der Waals surface area (Å²) in [4.78, 5) is 4.47. The molecule has 0 fully saturated rings. The molecule has 0 spiro atoms. The minimum absolute atomic E-state index is 0.491. The monoisotopic (exact) mass is 211 g/mol. The number of aromatic nitrogens is 3. The van der Waals surface area contributed by atoms with Gasteiger partial charge in [0.25, 0.3) is 0 Å². The highest BCUT2D eigenvalue weighted by atomic mass is 32.1. The van der Waals surface area contributed by atoms with E-state index in [0.717, 1.165) is 16.4 Å². The van der Waals surface area contributed by atoms with Crippen molar-refractivity contribution < 1.29 is 0 Å². The molecule has 0 unspecified atom stereocenters. The topological polar surface area (TPSA) is 38.7 Å². The lowest BCUT2D eigenvalue weighted by Gasteiger charge is -1.95. The molecule has 0 radical (unpaired) electrons. The number of hydrogen-bond acceptors (Lipinski definition) is 5. The summed E-state index contributed by atoms with van der Waals surface area (Å²) in [6.45, 7) is 4.28. The van der Waals surface area contributed by atoms with Crippen LogP contribution >= 0.6 is 22.9 Å². The van der Waals surface area contributed by atoms with E-state index in [-0.39, 0.29) is 0 Å². The van der Waals surface area contributed by atoms with Crippen LogP contribution < -0.4 is 0 Å². The minimum atomic E-state index is 0.491. The van der Waals surface area contributed by atoms with Crippen LogP contribution in [0.5, 0.6) is 0 Å². The van der Waals surface area contributed by atoms with Crippen LogP contribution in [0.3, 0.4) is 0 Å². The molecule has 0 bridgehead atoms. The Balaban J connectivity index is 2.33. The fraction of sp³-hybridized carbons (Fsp3) is 0.375. The molecule has 5 heteroatoms. The van der Waals surface area contributed by atoms with Crippen LogP contribution in [-0.2, 0) is 0 Å². The SMILES string of the molecule is CC(C)c1nc(-c2csnn2)cs1. The van der Waals surface area contributed by atoms with E-state index in [1.807, 2.05) is 10.8 Å². The maximum atomic E-state index is 4.47. The van der Waals surface area contributed by atoms with Crippen molar-refractivity contribution in [2.75, 3.05) is 0 Å². The fourth-order valence-electron chi connectivity index (χ4n) is 0.947. The first-order chi connectivity index (χ1) is 6.27. The molecule has 2 heterocycles. The lowest BCUT2D eigenvalue weighted by Crippen LogP contribution is -1.85. The van der Waals surface area contributed by atoms with Gasteiger partial charge in [-0.3, -0.25) is 0 Å². The summed E-state index contributed by atoms with van der Waals surface area (Å²) < 4.78 is 3.81. The summed E-state index contributed by atoms with van der Waals surface area (Å²) in [6.07, 6.45) is 0. The first-order valence-electron chi connectivity index (χ1n) is 4.00. The number of hydrogen-bond donors (Lipinski definition) is 0. The maximum Gasteiger partial charge on any atom is 0.125 e. The smallest absolute Gasteiger partial charge is 0.125 e. The molecule has 0 amide bonds. The van der Waals surface area contributed by atoms with Gasteiger partial charge in [0.1, 0.15) is 11.4 Å². The van der Waals surface area contributed by atoms with E-state index >= 15 is 0 Å². The average molecular weight is 211 g/mol. The predicted molar refractivity (Wildman–Crippen MR) is 55.1 cm³/mol. The molecule has 0 saturated carbocycles. The zero-order valence-corrected chi connectivity index (χ0v) is 9.02. The zero-order chi connectivity index (χ0) is 9.26. The highest BCUT2D eigenvalue weighted by molar-refractivity contribution is 7.10. The van der Waals surface area contributed by atoms with Crippen LogP contribution in [0.15, 0.2) is 10.8 Å². The second kappa shape index (κ2) is 3.51. The van der Waals surface area contributed by atoms with E-state index in [1.165, 1.54) is 11.5 Å². The second-order valence-electron chi connectivity index (χ2n) is 3.02. The van der Waals surface area contributed by atoms with Gasteiger partial charge in [0.05, 0.1) is 5.01 Å². The molecule has 2 aromatic heterocycles. The molecular weight excluding hydrogens is 202 g/mol. The van der Waals surface area contributed by atoms with Crippen molar-refractivity contribution in [1.29, 1.82) is 0 Å². The van der Waals surface area contributed by atoms with Gasteiger partial charge in [0.15, 0.2) is 0 Å². The van der Waals surface area contributed by atoms with Crippen molar-refractivity contribution in [3.8, 4) is 11.4 Å². The standard InChI is InChI=1S/C8H9N3S2/c1-5(2)8-9-6(3-12-8)7-4-13-11-10-7/h3-5H,1-2H3. The molecule has 0 aliphatic heterocycles. The first-order valence-corrected chi connectivity index (χ1v) is 5.72. The summed E-state index contributed by atoms with van der Waals surface area (Å²) >= 11 is 3.04. The Morgan fingerprint density at radius 1 is 1.23 bits per heavy atom. The third-order valence-corrected chi connectivity index (χ3v) is 3.29. The van der Waals surface area contributed by atoms with E-state index in [9.17, 15) is 0 Å². The third kappa shape index (κ3) is 1.76. The molecule has 13 heavy (non-hydrogen) atoms. The molecular formula is C8H9N3S2. The zero-order valence-electron chi connectivity index (χ0n) is 7.39. The fourth-order valence-corrected chi connectivity index (χ4v) is 2.23. The Morgan fingerprint density at radius 2 is 2.08 bits per heavy atom. The van der Waals surface area contributed by atoms with E-state index < -0.39 is 0 Å². The highest BCUT2D eigenvalue weighted by Crippen LogP contribution is 2.24. The van der Waals surface area contributed by atoms with Crippen molar-refractivity contribution in [3.05, 3.63) is 15.8 Å². The highest BCUT2D eigenvalue weighted by Gasteiger charge is 2.08. The van der Waals surface area contributed by atoms with Crippen LogP contribution in [-0.4, -0.2) is 14.6 Å². The van der Waals surface area contributed by atoms with E-state index in [2.05, 4.69) is 28.4 Å². The minimum Gasteiger partial charge on any atom is -0.239 e. The maximum absolute atomic E-state index is 4.47. The van der Waals surface area contributed by atoms with Crippen molar-refractivity contribution in [2.24, 2.45) is 0 Å². The van der Waals surface area contributed by atoms with Crippen molar-refractivity contribution in [3.63, 3.8) is 0 Å². The summed E-state index contributed by atoms with van der Waals surface area (Å²) in [5.74, 6) is 0.491. The number of thiazole rings is 1. The number of nitrogens with zero attached hydrogens (tertiary/aromatic N) is 3. The predicted octanol–water partition coefficient (Wildman–Crippen LogP) is 2.79. The molecule has 0 saturated heterocycles. The third-order valence-electron chi connectivity index (χ3n) is 1.64. The Bertz CT molecular complexity index is 378. The van der Waals surface area contributed by atoms with Gasteiger partial charge < -0.3 is 0 Å². The Morgan fingerprint density at radius 3 is 2.62 bits per heavy atom. The van der Waals surface area contributed by atoms with Crippen molar-refractivity contribution >= 4 is 22.9 Å². The average Bonchev–Trinajstić information content (AvgIpc) is 2.75. The quantitative estimate of drug-likeness (QED) is 0.766. The lowest BCUT2D eigenvalue weighted by molar-refractivity contribution is 0.853. The van der Waals surface area contributed by atoms with Crippen LogP contribution in [0, 0.1) is 0 Å². The van der Waals surface area contributed by atoms with E-state index in [0.29, 0.717) is 5.92 Å². The molecule has 2 aromatic rings. The Hall–Kier alpha value is -0.810. The van der Waals surface area contributed by atoms with Gasteiger partial charge in [-0.2, -0.15) is 0 Å². The van der Waals surface area contributed by atoms with E-state index in [4.69, 9.17) is 0 Å². The Labute approximate surface area is 84.6 Å². The molecule has 0 aliphatic carbocycles.